The van der Waals surface area contributed by atoms with Crippen molar-refractivity contribution in [2.45, 2.75) is 38.8 Å². The third-order valence-electron chi connectivity index (χ3n) is 5.21. The number of furan rings is 1. The van der Waals surface area contributed by atoms with E-state index in [0.29, 0.717) is 17.7 Å². The summed E-state index contributed by atoms with van der Waals surface area (Å²) in [7, 11) is 0. The molecule has 1 amide bonds. The second-order valence-corrected chi connectivity index (χ2v) is 6.56. The second-order valence-electron chi connectivity index (χ2n) is 6.56. The van der Waals surface area contributed by atoms with Crippen molar-refractivity contribution in [1.29, 1.82) is 0 Å². The summed E-state index contributed by atoms with van der Waals surface area (Å²) >= 11 is 0. The molecule has 4 atom stereocenters. The van der Waals surface area contributed by atoms with Crippen LogP contribution in [0, 0.1) is 5.92 Å². The lowest BCUT2D eigenvalue weighted by Gasteiger charge is -2.27. The van der Waals surface area contributed by atoms with Gasteiger partial charge in [0.05, 0.1) is 12.5 Å². The van der Waals surface area contributed by atoms with Gasteiger partial charge in [0.2, 0.25) is 0 Å². The van der Waals surface area contributed by atoms with Crippen molar-refractivity contribution in [3.8, 4) is 0 Å². The maximum absolute atomic E-state index is 12.5. The molecule has 0 aromatic carbocycles. The number of piperidine rings is 1. The van der Waals surface area contributed by atoms with Crippen molar-refractivity contribution in [2.75, 3.05) is 13.1 Å². The van der Waals surface area contributed by atoms with Crippen molar-refractivity contribution in [3.05, 3.63) is 29.8 Å². The summed E-state index contributed by atoms with van der Waals surface area (Å²) in [5.74, 6) is 0.513. The summed E-state index contributed by atoms with van der Waals surface area (Å²) in [4.78, 5) is 19.2. The highest BCUT2D eigenvalue weighted by Gasteiger charge is 2.42. The number of nitrogens with one attached hydrogen (secondary N) is 1. The number of aryl methyl sites for hydroxylation is 1. The van der Waals surface area contributed by atoms with Gasteiger partial charge in [0.25, 0.3) is 5.91 Å². The average Bonchev–Trinajstić information content (AvgIpc) is 3.19. The fraction of sp³-hybridized carbons (Fsp3) is 0.529. The number of nitrogens with zero attached hydrogens (tertiary/aromatic N) is 2. The highest BCUT2D eigenvalue weighted by molar-refractivity contribution is 5.96. The van der Waals surface area contributed by atoms with Crippen LogP contribution in [0.2, 0.25) is 0 Å². The largest absolute Gasteiger partial charge is 0.462 e. The molecule has 0 saturated carbocycles. The van der Waals surface area contributed by atoms with Gasteiger partial charge in [-0.05, 0) is 37.3 Å². The van der Waals surface area contributed by atoms with E-state index in [2.05, 4.69) is 29.0 Å². The molecule has 2 aromatic heterocycles. The average molecular weight is 299 g/mol. The monoisotopic (exact) mass is 299 g/mol. The summed E-state index contributed by atoms with van der Waals surface area (Å²) in [5, 5.41) is 4.16. The lowest BCUT2D eigenvalue weighted by Crippen LogP contribution is -2.45. The van der Waals surface area contributed by atoms with Crippen LogP contribution >= 0.6 is 0 Å². The fourth-order valence-electron chi connectivity index (χ4n) is 3.88. The predicted octanol–water partition coefficient (Wildman–Crippen LogP) is 2.21. The zero-order chi connectivity index (χ0) is 15.3. The number of pyridine rings is 1. The molecule has 0 aliphatic carbocycles. The van der Waals surface area contributed by atoms with Crippen LogP contribution in [0.5, 0.6) is 0 Å². The van der Waals surface area contributed by atoms with E-state index in [9.17, 15) is 4.79 Å². The summed E-state index contributed by atoms with van der Waals surface area (Å²) in [6.07, 6.45) is 5.46. The summed E-state index contributed by atoms with van der Waals surface area (Å²) in [6, 6.07) is 2.77. The number of aromatic nitrogens is 1. The Morgan fingerprint density at radius 3 is 3.05 bits per heavy atom. The Morgan fingerprint density at radius 2 is 2.36 bits per heavy atom. The molecule has 4 heterocycles. The van der Waals surface area contributed by atoms with Gasteiger partial charge < -0.3 is 9.73 Å². The van der Waals surface area contributed by atoms with Crippen molar-refractivity contribution in [1.82, 2.24) is 15.2 Å². The van der Waals surface area contributed by atoms with Gasteiger partial charge in [-0.1, -0.05) is 6.92 Å². The van der Waals surface area contributed by atoms with Crippen LogP contribution in [-0.4, -0.2) is 41.0 Å². The molecule has 0 radical (unpaired) electrons. The van der Waals surface area contributed by atoms with Crippen LogP contribution in [0.15, 0.2) is 22.9 Å². The SMILES string of the molecule is CCc1coc2cnc(C(=O)NC3CN4CC3CC4C)cc12. The van der Waals surface area contributed by atoms with Crippen LogP contribution in [0.4, 0.5) is 0 Å². The standard InChI is InChI=1S/C17H21N3O2/c1-3-11-9-22-16-6-18-14(5-13(11)16)17(21)19-15-8-20-7-12(15)4-10(20)2/h5-6,9-10,12,15H,3-4,7-8H2,1-2H3,(H,19,21). The first-order chi connectivity index (χ1) is 10.7. The van der Waals surface area contributed by atoms with Crippen molar-refractivity contribution in [2.24, 2.45) is 5.92 Å². The van der Waals surface area contributed by atoms with E-state index in [-0.39, 0.29) is 11.9 Å². The Kier molecular flexibility index (Phi) is 3.18. The molecular formula is C17H21N3O2. The molecule has 4 unspecified atom stereocenters. The van der Waals surface area contributed by atoms with Crippen LogP contribution in [0.25, 0.3) is 11.0 Å². The van der Waals surface area contributed by atoms with E-state index in [1.165, 1.54) is 6.42 Å². The normalized spacial score (nSPS) is 30.1. The minimum Gasteiger partial charge on any atom is -0.462 e. The molecule has 116 valence electrons. The van der Waals surface area contributed by atoms with Crippen molar-refractivity contribution >= 4 is 16.9 Å². The molecule has 5 nitrogen and oxygen atoms in total. The highest BCUT2D eigenvalue weighted by Crippen LogP contribution is 2.33. The van der Waals surface area contributed by atoms with Crippen LogP contribution in [-0.2, 0) is 6.42 Å². The van der Waals surface area contributed by atoms with Gasteiger partial charge >= 0.3 is 0 Å². The molecule has 2 saturated heterocycles. The number of carbonyl (C=O) groups excluding carboxylic acids is 1. The number of hydrogen-bond acceptors (Lipinski definition) is 4. The number of hydrogen-bond donors (Lipinski definition) is 1. The molecule has 4 rings (SSSR count). The Hall–Kier alpha value is -1.88. The Labute approximate surface area is 129 Å². The Morgan fingerprint density at radius 1 is 1.50 bits per heavy atom. The van der Waals surface area contributed by atoms with Gasteiger partial charge in [-0.3, -0.25) is 9.69 Å². The predicted molar refractivity (Wildman–Crippen MR) is 83.8 cm³/mol. The van der Waals surface area contributed by atoms with Crippen LogP contribution in [0.1, 0.15) is 36.3 Å². The molecule has 22 heavy (non-hydrogen) atoms. The van der Waals surface area contributed by atoms with Gasteiger partial charge in [0.15, 0.2) is 5.58 Å². The first kappa shape index (κ1) is 13.8. The molecule has 2 aliphatic heterocycles. The van der Waals surface area contributed by atoms with Crippen LogP contribution in [0.3, 0.4) is 0 Å². The zero-order valence-corrected chi connectivity index (χ0v) is 13.0. The first-order valence-corrected chi connectivity index (χ1v) is 8.06. The van der Waals surface area contributed by atoms with Gasteiger partial charge in [-0.15, -0.1) is 0 Å². The van der Waals surface area contributed by atoms with Crippen molar-refractivity contribution in [3.63, 3.8) is 0 Å². The molecule has 2 bridgehead atoms. The third-order valence-corrected chi connectivity index (χ3v) is 5.21. The topological polar surface area (TPSA) is 58.4 Å². The van der Waals surface area contributed by atoms with E-state index >= 15 is 0 Å². The maximum Gasteiger partial charge on any atom is 0.270 e. The maximum atomic E-state index is 12.5. The number of amides is 1. The van der Waals surface area contributed by atoms with Gasteiger partial charge in [-0.25, -0.2) is 4.98 Å². The highest BCUT2D eigenvalue weighted by atomic mass is 16.3. The lowest BCUT2D eigenvalue weighted by molar-refractivity contribution is 0.0914. The molecule has 2 fully saturated rings. The number of rotatable bonds is 3. The molecular weight excluding hydrogens is 278 g/mol. The molecule has 0 spiro atoms. The van der Waals surface area contributed by atoms with Crippen molar-refractivity contribution < 1.29 is 9.21 Å². The minimum atomic E-state index is -0.0726. The molecule has 1 N–H and O–H groups in total. The van der Waals surface area contributed by atoms with Crippen LogP contribution < -0.4 is 5.32 Å². The smallest absolute Gasteiger partial charge is 0.270 e. The Bertz CT molecular complexity index is 722. The minimum absolute atomic E-state index is 0.0726. The lowest BCUT2D eigenvalue weighted by atomic mass is 9.96. The van der Waals surface area contributed by atoms with E-state index in [1.807, 2.05) is 6.07 Å². The molecule has 2 aliphatic rings. The van der Waals surface area contributed by atoms with E-state index < -0.39 is 0 Å². The van der Waals surface area contributed by atoms with Gasteiger partial charge in [-0.2, -0.15) is 0 Å². The first-order valence-electron chi connectivity index (χ1n) is 8.06. The van der Waals surface area contributed by atoms with E-state index in [1.54, 1.807) is 12.5 Å². The second kappa shape index (κ2) is 5.09. The number of fused-ring (bicyclic) bond motifs is 3. The van der Waals surface area contributed by atoms with E-state index in [0.717, 1.165) is 36.0 Å². The van der Waals surface area contributed by atoms with Gasteiger partial charge in [0, 0.05) is 30.6 Å². The van der Waals surface area contributed by atoms with Gasteiger partial charge in [0.1, 0.15) is 5.69 Å². The van der Waals surface area contributed by atoms with E-state index in [4.69, 9.17) is 4.42 Å². The summed E-state index contributed by atoms with van der Waals surface area (Å²) in [5.41, 5.74) is 2.34. The number of carbonyl (C=O) groups is 1. The quantitative estimate of drug-likeness (QED) is 0.944. The summed E-state index contributed by atoms with van der Waals surface area (Å²) < 4.78 is 5.46. The summed E-state index contributed by atoms with van der Waals surface area (Å²) in [6.45, 7) is 6.42. The fourth-order valence-corrected chi connectivity index (χ4v) is 3.88. The zero-order valence-electron chi connectivity index (χ0n) is 13.0. The molecule has 2 aromatic rings. The third kappa shape index (κ3) is 2.11. The molecule has 5 heteroatoms. The Balaban J connectivity index is 1.53.